The van der Waals surface area contributed by atoms with Crippen molar-refractivity contribution >= 4 is 23.2 Å². The van der Waals surface area contributed by atoms with Crippen LogP contribution in [-0.2, 0) is 11.2 Å². The number of likely N-dealkylation sites (tertiary alicyclic amines) is 1. The van der Waals surface area contributed by atoms with Crippen LogP contribution in [-0.4, -0.2) is 40.8 Å². The van der Waals surface area contributed by atoms with Gasteiger partial charge in [-0.25, -0.2) is 13.8 Å². The zero-order valence-electron chi connectivity index (χ0n) is 16.7. The highest BCUT2D eigenvalue weighted by atomic mass is 32.1. The van der Waals surface area contributed by atoms with E-state index in [4.69, 9.17) is 0 Å². The maximum absolute atomic E-state index is 13.5. The van der Waals surface area contributed by atoms with Crippen LogP contribution in [0.4, 0.5) is 8.78 Å². The van der Waals surface area contributed by atoms with E-state index in [0.29, 0.717) is 32.4 Å². The first-order chi connectivity index (χ1) is 15.0. The van der Waals surface area contributed by atoms with E-state index in [1.165, 1.54) is 11.0 Å². The summed E-state index contributed by atoms with van der Waals surface area (Å²) in [5.41, 5.74) is 1.99. The number of nitrogens with zero attached hydrogens (tertiary/aromatic N) is 2. The van der Waals surface area contributed by atoms with Crippen molar-refractivity contribution < 1.29 is 18.4 Å². The number of carbonyl (C=O) groups excluding carboxylic acids is 2. The fourth-order valence-electron chi connectivity index (χ4n) is 3.64. The second-order valence-electron chi connectivity index (χ2n) is 7.34. The van der Waals surface area contributed by atoms with Crippen LogP contribution in [0.2, 0.25) is 0 Å². The van der Waals surface area contributed by atoms with Crippen molar-refractivity contribution in [1.82, 2.24) is 15.2 Å². The van der Waals surface area contributed by atoms with Gasteiger partial charge in [0.05, 0.1) is 5.69 Å². The molecule has 160 valence electrons. The maximum Gasteiger partial charge on any atom is 0.254 e. The molecule has 4 rings (SSSR count). The number of benzene rings is 2. The molecule has 31 heavy (non-hydrogen) atoms. The van der Waals surface area contributed by atoms with Crippen molar-refractivity contribution in [3.63, 3.8) is 0 Å². The van der Waals surface area contributed by atoms with Crippen LogP contribution < -0.4 is 5.32 Å². The summed E-state index contributed by atoms with van der Waals surface area (Å²) in [6, 6.07) is 12.3. The van der Waals surface area contributed by atoms with Gasteiger partial charge in [0.1, 0.15) is 11.0 Å². The molecule has 0 radical (unpaired) electrons. The molecular weight excluding hydrogens is 420 g/mol. The van der Waals surface area contributed by atoms with E-state index in [9.17, 15) is 18.4 Å². The van der Waals surface area contributed by atoms with E-state index in [1.807, 2.05) is 35.7 Å². The molecule has 1 N–H and O–H groups in total. The average molecular weight is 442 g/mol. The minimum Gasteiger partial charge on any atom is -0.354 e. The monoisotopic (exact) mass is 441 g/mol. The maximum atomic E-state index is 13.5. The molecule has 2 heterocycles. The minimum atomic E-state index is -1.08. The first-order valence-electron chi connectivity index (χ1n) is 10.1. The Balaban J connectivity index is 1.33. The summed E-state index contributed by atoms with van der Waals surface area (Å²) in [6.07, 6.45) is 1.80. The predicted octanol–water partition coefficient (Wildman–Crippen LogP) is 4.05. The summed E-state index contributed by atoms with van der Waals surface area (Å²) in [5, 5.41) is 5.78. The largest absolute Gasteiger partial charge is 0.354 e. The number of halogens is 2. The second kappa shape index (κ2) is 9.34. The molecule has 1 saturated heterocycles. The lowest BCUT2D eigenvalue weighted by Crippen LogP contribution is -2.46. The number of hydrogen-bond donors (Lipinski definition) is 1. The fourth-order valence-corrected chi connectivity index (χ4v) is 4.50. The molecule has 0 spiro atoms. The quantitative estimate of drug-likeness (QED) is 0.628. The van der Waals surface area contributed by atoms with Crippen molar-refractivity contribution in [2.45, 2.75) is 25.3 Å². The normalized spacial score (nSPS) is 15.8. The lowest BCUT2D eigenvalue weighted by Gasteiger charge is -2.24. The molecule has 1 aliphatic heterocycles. The van der Waals surface area contributed by atoms with Crippen LogP contribution in [0.15, 0.2) is 53.9 Å². The van der Waals surface area contributed by atoms with Crippen LogP contribution in [0.5, 0.6) is 0 Å². The zero-order valence-corrected chi connectivity index (χ0v) is 17.5. The van der Waals surface area contributed by atoms with Gasteiger partial charge in [0, 0.05) is 36.0 Å². The third-order valence-electron chi connectivity index (χ3n) is 5.24. The van der Waals surface area contributed by atoms with E-state index in [1.54, 1.807) is 11.3 Å². The van der Waals surface area contributed by atoms with Crippen LogP contribution in [0.3, 0.4) is 0 Å². The lowest BCUT2D eigenvalue weighted by molar-refractivity contribution is -0.124. The number of nitrogens with one attached hydrogen (secondary N) is 1. The van der Waals surface area contributed by atoms with Gasteiger partial charge < -0.3 is 10.2 Å². The Hall–Kier alpha value is -3.13. The van der Waals surface area contributed by atoms with Crippen molar-refractivity contribution in [2.24, 2.45) is 0 Å². The Kier molecular flexibility index (Phi) is 6.36. The summed E-state index contributed by atoms with van der Waals surface area (Å²) in [4.78, 5) is 31.4. The molecule has 1 atom stereocenters. The highest BCUT2D eigenvalue weighted by Gasteiger charge is 2.34. The van der Waals surface area contributed by atoms with Crippen molar-refractivity contribution in [3.05, 3.63) is 76.8 Å². The highest BCUT2D eigenvalue weighted by molar-refractivity contribution is 7.13. The van der Waals surface area contributed by atoms with E-state index >= 15 is 0 Å². The zero-order chi connectivity index (χ0) is 21.8. The van der Waals surface area contributed by atoms with Crippen LogP contribution in [0.1, 0.15) is 28.9 Å². The van der Waals surface area contributed by atoms with Crippen LogP contribution in [0, 0.1) is 11.6 Å². The Morgan fingerprint density at radius 1 is 1.13 bits per heavy atom. The predicted molar refractivity (Wildman–Crippen MR) is 115 cm³/mol. The smallest absolute Gasteiger partial charge is 0.254 e. The Bertz CT molecular complexity index is 1090. The van der Waals surface area contributed by atoms with Gasteiger partial charge in [-0.2, -0.15) is 0 Å². The molecule has 1 aliphatic rings. The first-order valence-corrected chi connectivity index (χ1v) is 10.9. The number of hydrogen-bond acceptors (Lipinski definition) is 4. The van der Waals surface area contributed by atoms with Gasteiger partial charge in [-0.15, -0.1) is 11.3 Å². The molecule has 0 bridgehead atoms. The van der Waals surface area contributed by atoms with Gasteiger partial charge in [-0.05, 0) is 31.0 Å². The van der Waals surface area contributed by atoms with E-state index < -0.39 is 23.6 Å². The number of rotatable bonds is 6. The minimum absolute atomic E-state index is 0.0366. The number of amides is 2. The molecule has 3 aromatic rings. The van der Waals surface area contributed by atoms with Gasteiger partial charge in [0.15, 0.2) is 11.6 Å². The van der Waals surface area contributed by atoms with Crippen LogP contribution >= 0.6 is 11.3 Å². The molecule has 5 nitrogen and oxygen atoms in total. The topological polar surface area (TPSA) is 62.3 Å². The molecule has 1 fully saturated rings. The van der Waals surface area contributed by atoms with Crippen molar-refractivity contribution in [3.8, 4) is 10.6 Å². The molecule has 0 saturated carbocycles. The average Bonchev–Trinajstić information content (AvgIpc) is 3.46. The van der Waals surface area contributed by atoms with Crippen molar-refractivity contribution in [2.75, 3.05) is 13.1 Å². The summed E-state index contributed by atoms with van der Waals surface area (Å²) in [6.45, 7) is 0.808. The van der Waals surface area contributed by atoms with Gasteiger partial charge in [0.25, 0.3) is 5.91 Å². The molecule has 1 unspecified atom stereocenters. The molecule has 2 aromatic carbocycles. The van der Waals surface area contributed by atoms with E-state index in [0.717, 1.165) is 28.4 Å². The Labute approximate surface area is 182 Å². The number of aromatic nitrogens is 1. The summed E-state index contributed by atoms with van der Waals surface area (Å²) in [7, 11) is 0. The SMILES string of the molecule is O=C(NCCc1csc(-c2ccccc2)n1)C1CCCN1C(=O)c1ccc(F)c(F)c1. The Morgan fingerprint density at radius 3 is 2.71 bits per heavy atom. The third kappa shape index (κ3) is 4.80. The van der Waals surface area contributed by atoms with Crippen LogP contribution in [0.25, 0.3) is 10.6 Å². The van der Waals surface area contributed by atoms with Gasteiger partial charge in [0.2, 0.25) is 5.91 Å². The summed E-state index contributed by atoms with van der Waals surface area (Å²) >= 11 is 1.56. The molecule has 8 heteroatoms. The molecular formula is C23H21F2N3O2S. The standard InChI is InChI=1S/C23H21F2N3O2S/c24-18-9-8-16(13-19(18)25)23(30)28-12-4-7-20(28)21(29)26-11-10-17-14-31-22(27-17)15-5-2-1-3-6-15/h1-3,5-6,8-9,13-14,20H,4,7,10-12H2,(H,26,29). The number of thiazole rings is 1. The molecule has 0 aliphatic carbocycles. The Morgan fingerprint density at radius 2 is 1.94 bits per heavy atom. The first kappa shape index (κ1) is 21.1. The molecule has 2 amide bonds. The van der Waals surface area contributed by atoms with E-state index in [2.05, 4.69) is 10.3 Å². The van der Waals surface area contributed by atoms with Gasteiger partial charge >= 0.3 is 0 Å². The van der Waals surface area contributed by atoms with Gasteiger partial charge in [-0.3, -0.25) is 9.59 Å². The molecule has 1 aromatic heterocycles. The summed E-state index contributed by atoms with van der Waals surface area (Å²) < 4.78 is 26.6. The van der Waals surface area contributed by atoms with Gasteiger partial charge in [-0.1, -0.05) is 30.3 Å². The highest BCUT2D eigenvalue weighted by Crippen LogP contribution is 2.24. The summed E-state index contributed by atoms with van der Waals surface area (Å²) in [5.74, 6) is -2.80. The number of carbonyl (C=O) groups is 2. The lowest BCUT2D eigenvalue weighted by atomic mass is 10.1. The fraction of sp³-hybridized carbons (Fsp3) is 0.261. The van der Waals surface area contributed by atoms with E-state index in [-0.39, 0.29) is 11.5 Å². The third-order valence-corrected chi connectivity index (χ3v) is 6.18. The van der Waals surface area contributed by atoms with Crippen molar-refractivity contribution in [1.29, 1.82) is 0 Å². The second-order valence-corrected chi connectivity index (χ2v) is 8.19.